The Hall–Kier alpha value is -3.02. The zero-order valence-electron chi connectivity index (χ0n) is 15.4. The maximum atomic E-state index is 12.8. The maximum Gasteiger partial charge on any atom is 0.265 e. The van der Waals surface area contributed by atoms with Gasteiger partial charge >= 0.3 is 0 Å². The minimum absolute atomic E-state index is 0.0225. The number of amides is 2. The lowest BCUT2D eigenvalue weighted by atomic mass is 10.1. The number of anilines is 2. The van der Waals surface area contributed by atoms with E-state index in [9.17, 15) is 9.59 Å². The van der Waals surface area contributed by atoms with Crippen molar-refractivity contribution in [3.05, 3.63) is 54.1 Å². The Kier molecular flexibility index (Phi) is 4.71. The first kappa shape index (κ1) is 17.4. The molecular formula is C21H23N3O3. The third kappa shape index (κ3) is 3.47. The van der Waals surface area contributed by atoms with Crippen LogP contribution in [0.4, 0.5) is 11.4 Å². The van der Waals surface area contributed by atoms with Crippen LogP contribution < -0.4 is 14.5 Å². The fourth-order valence-corrected chi connectivity index (χ4v) is 3.68. The zero-order valence-corrected chi connectivity index (χ0v) is 15.4. The van der Waals surface area contributed by atoms with Crippen molar-refractivity contribution in [1.82, 2.24) is 4.90 Å². The summed E-state index contributed by atoms with van der Waals surface area (Å²) in [6.07, 6.45) is 0. The Morgan fingerprint density at radius 3 is 2.37 bits per heavy atom. The molecule has 0 aromatic heterocycles. The highest BCUT2D eigenvalue weighted by Crippen LogP contribution is 2.31. The molecule has 0 spiro atoms. The molecule has 0 unspecified atom stereocenters. The lowest BCUT2D eigenvalue weighted by molar-refractivity contribution is -0.132. The van der Waals surface area contributed by atoms with Crippen molar-refractivity contribution in [2.24, 2.45) is 0 Å². The van der Waals surface area contributed by atoms with Crippen LogP contribution in [-0.2, 0) is 9.59 Å². The number of hydrogen-bond donors (Lipinski definition) is 0. The van der Waals surface area contributed by atoms with Gasteiger partial charge < -0.3 is 14.5 Å². The minimum Gasteiger partial charge on any atom is -0.482 e. The molecular weight excluding hydrogens is 342 g/mol. The quantitative estimate of drug-likeness (QED) is 0.836. The summed E-state index contributed by atoms with van der Waals surface area (Å²) in [6.45, 7) is 5.05. The van der Waals surface area contributed by atoms with Crippen molar-refractivity contribution < 1.29 is 14.3 Å². The molecule has 6 nitrogen and oxygen atoms in total. The summed E-state index contributed by atoms with van der Waals surface area (Å²) in [5.41, 5.74) is 3.13. The first-order valence-corrected chi connectivity index (χ1v) is 9.24. The number of nitrogens with zero attached hydrogens (tertiary/aromatic N) is 3. The molecule has 0 aliphatic carbocycles. The van der Waals surface area contributed by atoms with Gasteiger partial charge in [-0.15, -0.1) is 0 Å². The van der Waals surface area contributed by atoms with Crippen molar-refractivity contribution in [1.29, 1.82) is 0 Å². The van der Waals surface area contributed by atoms with Crippen LogP contribution in [0.25, 0.3) is 0 Å². The molecule has 0 atom stereocenters. The predicted octanol–water partition coefficient (Wildman–Crippen LogP) is 2.07. The van der Waals surface area contributed by atoms with E-state index in [-0.39, 0.29) is 25.0 Å². The molecule has 2 aliphatic heterocycles. The van der Waals surface area contributed by atoms with Crippen LogP contribution >= 0.6 is 0 Å². The number of hydrogen-bond acceptors (Lipinski definition) is 4. The Labute approximate surface area is 158 Å². The molecule has 140 valence electrons. The molecule has 4 rings (SSSR count). The van der Waals surface area contributed by atoms with Crippen LogP contribution in [0.3, 0.4) is 0 Å². The summed E-state index contributed by atoms with van der Waals surface area (Å²) in [6, 6.07) is 15.6. The Morgan fingerprint density at radius 1 is 0.963 bits per heavy atom. The van der Waals surface area contributed by atoms with Crippen molar-refractivity contribution in [2.45, 2.75) is 6.92 Å². The van der Waals surface area contributed by atoms with Gasteiger partial charge in [0.2, 0.25) is 5.91 Å². The lowest BCUT2D eigenvalue weighted by Crippen LogP contribution is -2.53. The molecule has 0 bridgehead atoms. The summed E-state index contributed by atoms with van der Waals surface area (Å²) in [7, 11) is 0. The monoisotopic (exact) mass is 365 g/mol. The molecule has 2 heterocycles. The average Bonchev–Trinajstić information content (AvgIpc) is 2.70. The van der Waals surface area contributed by atoms with E-state index < -0.39 is 0 Å². The van der Waals surface area contributed by atoms with Gasteiger partial charge in [0.05, 0.1) is 5.69 Å². The molecule has 1 fully saturated rings. The summed E-state index contributed by atoms with van der Waals surface area (Å²) >= 11 is 0. The highest BCUT2D eigenvalue weighted by Gasteiger charge is 2.30. The zero-order chi connectivity index (χ0) is 18.8. The average molecular weight is 365 g/mol. The standard InChI is InChI=1S/C21H23N3O3/c1-16-6-2-3-7-17(16)22-10-12-23(13-11-22)20(25)14-24-18-8-4-5-9-19(18)27-15-21(24)26/h2-9H,10-15H2,1H3. The van der Waals surface area contributed by atoms with Crippen LogP contribution in [-0.4, -0.2) is 56.0 Å². The second-order valence-corrected chi connectivity index (χ2v) is 6.89. The fraction of sp³-hybridized carbons (Fsp3) is 0.333. The van der Waals surface area contributed by atoms with E-state index >= 15 is 0 Å². The first-order valence-electron chi connectivity index (χ1n) is 9.24. The van der Waals surface area contributed by atoms with Crippen LogP contribution in [0.5, 0.6) is 5.75 Å². The van der Waals surface area contributed by atoms with Gasteiger partial charge in [0.1, 0.15) is 12.3 Å². The molecule has 0 saturated carbocycles. The third-order valence-corrected chi connectivity index (χ3v) is 5.19. The maximum absolute atomic E-state index is 12.8. The smallest absolute Gasteiger partial charge is 0.265 e. The minimum atomic E-state index is -0.180. The van der Waals surface area contributed by atoms with Gasteiger partial charge in [-0.25, -0.2) is 0 Å². The van der Waals surface area contributed by atoms with E-state index in [4.69, 9.17) is 4.74 Å². The fourth-order valence-electron chi connectivity index (χ4n) is 3.68. The van der Waals surface area contributed by atoms with Gasteiger partial charge in [-0.05, 0) is 30.7 Å². The van der Waals surface area contributed by atoms with Gasteiger partial charge in [-0.2, -0.15) is 0 Å². The SMILES string of the molecule is Cc1ccccc1N1CCN(C(=O)CN2C(=O)COc3ccccc32)CC1. The molecule has 1 saturated heterocycles. The van der Waals surface area contributed by atoms with E-state index in [1.807, 2.05) is 41.3 Å². The van der Waals surface area contributed by atoms with Gasteiger partial charge in [0, 0.05) is 31.9 Å². The Bertz CT molecular complexity index is 859. The number of para-hydroxylation sites is 3. The van der Waals surface area contributed by atoms with Gasteiger partial charge in [0.15, 0.2) is 6.61 Å². The molecule has 2 aromatic rings. The summed E-state index contributed by atoms with van der Waals surface area (Å²) in [4.78, 5) is 30.8. The number of aryl methyl sites for hydroxylation is 1. The summed E-state index contributed by atoms with van der Waals surface area (Å²) < 4.78 is 5.44. The number of benzene rings is 2. The van der Waals surface area contributed by atoms with Crippen LogP contribution in [0, 0.1) is 6.92 Å². The highest BCUT2D eigenvalue weighted by atomic mass is 16.5. The van der Waals surface area contributed by atoms with Crippen LogP contribution in [0.2, 0.25) is 0 Å². The number of fused-ring (bicyclic) bond motifs is 1. The summed E-state index contributed by atoms with van der Waals surface area (Å²) in [5.74, 6) is 0.444. The van der Waals surface area contributed by atoms with Gasteiger partial charge in [-0.1, -0.05) is 30.3 Å². The number of carbonyl (C=O) groups excluding carboxylic acids is 2. The highest BCUT2D eigenvalue weighted by molar-refractivity contribution is 6.02. The van der Waals surface area contributed by atoms with Gasteiger partial charge in [-0.3, -0.25) is 14.5 Å². The topological polar surface area (TPSA) is 53.1 Å². The molecule has 2 aliphatic rings. The number of rotatable bonds is 3. The second-order valence-electron chi connectivity index (χ2n) is 6.89. The lowest BCUT2D eigenvalue weighted by Gasteiger charge is -2.38. The number of carbonyl (C=O) groups is 2. The van der Waals surface area contributed by atoms with Crippen LogP contribution in [0.1, 0.15) is 5.56 Å². The Morgan fingerprint density at radius 2 is 1.63 bits per heavy atom. The van der Waals surface area contributed by atoms with E-state index in [1.165, 1.54) is 16.2 Å². The molecule has 0 radical (unpaired) electrons. The second kappa shape index (κ2) is 7.31. The van der Waals surface area contributed by atoms with Gasteiger partial charge in [0.25, 0.3) is 5.91 Å². The Balaban J connectivity index is 1.40. The van der Waals surface area contributed by atoms with Crippen molar-refractivity contribution in [3.8, 4) is 5.75 Å². The van der Waals surface area contributed by atoms with E-state index in [0.717, 1.165) is 13.1 Å². The van der Waals surface area contributed by atoms with Crippen molar-refractivity contribution in [3.63, 3.8) is 0 Å². The predicted molar refractivity (Wildman–Crippen MR) is 104 cm³/mol. The molecule has 2 aromatic carbocycles. The number of piperazine rings is 1. The molecule has 0 N–H and O–H groups in total. The first-order chi connectivity index (χ1) is 13.1. The molecule has 2 amide bonds. The number of ether oxygens (including phenoxy) is 1. The van der Waals surface area contributed by atoms with E-state index in [1.54, 1.807) is 0 Å². The normalized spacial score (nSPS) is 16.8. The molecule has 27 heavy (non-hydrogen) atoms. The van der Waals surface area contributed by atoms with E-state index in [0.29, 0.717) is 24.5 Å². The van der Waals surface area contributed by atoms with E-state index in [2.05, 4.69) is 24.0 Å². The largest absolute Gasteiger partial charge is 0.482 e. The summed E-state index contributed by atoms with van der Waals surface area (Å²) in [5, 5.41) is 0. The molecule has 6 heteroatoms. The van der Waals surface area contributed by atoms with Crippen molar-refractivity contribution >= 4 is 23.2 Å². The van der Waals surface area contributed by atoms with Crippen molar-refractivity contribution in [2.75, 3.05) is 49.1 Å². The van der Waals surface area contributed by atoms with Crippen LogP contribution in [0.15, 0.2) is 48.5 Å². The third-order valence-electron chi connectivity index (χ3n) is 5.19.